The summed E-state index contributed by atoms with van der Waals surface area (Å²) in [7, 11) is 0. The lowest BCUT2D eigenvalue weighted by Crippen LogP contribution is -2.42. The minimum absolute atomic E-state index is 0.0994. The molecule has 10 nitrogen and oxygen atoms in total. The van der Waals surface area contributed by atoms with Gasteiger partial charge in [-0.3, -0.25) is 9.98 Å². The maximum Gasteiger partial charge on any atom is 0.225 e. The van der Waals surface area contributed by atoms with E-state index in [9.17, 15) is 0 Å². The van der Waals surface area contributed by atoms with Crippen LogP contribution in [0.5, 0.6) is 23.3 Å². The number of aliphatic imine (C=N–C) groups is 2. The number of nitrogens with two attached hydrogens (primary N) is 2. The first-order valence-corrected chi connectivity index (χ1v) is 19.3. The zero-order valence-corrected chi connectivity index (χ0v) is 34.7. The molecule has 12 heteroatoms. The first-order chi connectivity index (χ1) is 25.5. The van der Waals surface area contributed by atoms with Crippen LogP contribution in [0, 0.1) is 38.1 Å². The number of hydrogen-bond acceptors (Lipinski definition) is 10. The van der Waals surface area contributed by atoms with Gasteiger partial charge in [-0.25, -0.2) is 9.97 Å². The van der Waals surface area contributed by atoms with Gasteiger partial charge in [0.15, 0.2) is 0 Å². The van der Waals surface area contributed by atoms with E-state index in [1.54, 1.807) is 12.4 Å². The van der Waals surface area contributed by atoms with Crippen LogP contribution in [-0.4, -0.2) is 48.1 Å². The van der Waals surface area contributed by atoms with Gasteiger partial charge in [0.25, 0.3) is 0 Å². The molecule has 6 heterocycles. The molecule has 8 rings (SSSR count). The summed E-state index contributed by atoms with van der Waals surface area (Å²) < 4.78 is 25.7. The molecule has 276 valence electrons. The van der Waals surface area contributed by atoms with Crippen LogP contribution in [0.15, 0.2) is 75.4 Å². The molecule has 0 fully saturated rings. The van der Waals surface area contributed by atoms with Gasteiger partial charge >= 0.3 is 0 Å². The highest BCUT2D eigenvalue weighted by atomic mass is 127. The zero-order valence-electron chi connectivity index (χ0n) is 30.9. The molecule has 4 N–H and O–H groups in total. The molecule has 2 aromatic heterocycles. The molecule has 0 unspecified atom stereocenters. The summed E-state index contributed by atoms with van der Waals surface area (Å²) in [4.78, 5) is 18.6. The summed E-state index contributed by atoms with van der Waals surface area (Å²) in [6.45, 7) is 13.9. The lowest BCUT2D eigenvalue weighted by molar-refractivity contribution is 0.109. The van der Waals surface area contributed by atoms with E-state index in [1.807, 2.05) is 42.5 Å². The first kappa shape index (κ1) is 37.8. The van der Waals surface area contributed by atoms with Crippen molar-refractivity contribution in [1.29, 1.82) is 0 Å². The topological polar surface area (TPSA) is 139 Å². The van der Waals surface area contributed by atoms with Gasteiger partial charge in [0.2, 0.25) is 11.8 Å². The Bertz CT molecular complexity index is 2220. The molecule has 0 radical (unpaired) electrons. The Morgan fingerprint density at radius 2 is 1.17 bits per heavy atom. The summed E-state index contributed by atoms with van der Waals surface area (Å²) in [5.74, 6) is 16.4. The third-order valence-electron chi connectivity index (χ3n) is 8.74. The van der Waals surface area contributed by atoms with Gasteiger partial charge in [-0.15, -0.1) is 0 Å². The Balaban J connectivity index is 0.000000178. The van der Waals surface area contributed by atoms with E-state index in [-0.39, 0.29) is 10.8 Å². The maximum absolute atomic E-state index is 6.17. The van der Waals surface area contributed by atoms with Crippen molar-refractivity contribution < 1.29 is 18.9 Å². The number of halogens is 2. The monoisotopic (exact) mass is 898 g/mol. The normalized spacial score (nSPS) is 20.7. The van der Waals surface area contributed by atoms with Crippen LogP contribution in [0.25, 0.3) is 0 Å². The van der Waals surface area contributed by atoms with Crippen molar-refractivity contribution in [3.63, 3.8) is 0 Å². The summed E-state index contributed by atoms with van der Waals surface area (Å²) in [5.41, 5.74) is 15.6. The average molecular weight is 900 g/mol. The largest absolute Gasteiger partial charge is 0.438 e. The fraction of sp³-hybridized carbons (Fsp3) is 0.333. The molecule has 0 amide bonds. The molecule has 4 aromatic rings. The van der Waals surface area contributed by atoms with E-state index in [1.165, 1.54) is 0 Å². The fourth-order valence-corrected chi connectivity index (χ4v) is 7.26. The molecule has 0 aliphatic carbocycles. The summed E-state index contributed by atoms with van der Waals surface area (Å²) in [6, 6.07) is 15.8. The average Bonchev–Trinajstić information content (AvgIpc) is 3.11. The predicted molar refractivity (Wildman–Crippen MR) is 221 cm³/mol. The summed E-state index contributed by atoms with van der Waals surface area (Å²) in [5, 5.41) is 0. The molecule has 0 bridgehead atoms. The fourth-order valence-electron chi connectivity index (χ4n) is 6.43. The minimum atomic E-state index is -0.850. The summed E-state index contributed by atoms with van der Waals surface area (Å²) in [6.07, 6.45) is 3.44. The van der Waals surface area contributed by atoms with Crippen molar-refractivity contribution in [1.82, 2.24) is 9.97 Å². The van der Waals surface area contributed by atoms with Gasteiger partial charge in [-0.1, -0.05) is 23.7 Å². The highest BCUT2D eigenvalue weighted by molar-refractivity contribution is 14.1. The summed E-state index contributed by atoms with van der Waals surface area (Å²) >= 11 is 5.75. The van der Waals surface area contributed by atoms with Crippen molar-refractivity contribution in [3.8, 4) is 46.9 Å². The third-order valence-corrected chi connectivity index (χ3v) is 9.84. The van der Waals surface area contributed by atoms with Gasteiger partial charge in [-0.2, -0.15) is 0 Å². The number of hydrogen-bond donors (Lipinski definition) is 2. The van der Waals surface area contributed by atoms with Crippen molar-refractivity contribution >= 4 is 50.2 Å². The van der Waals surface area contributed by atoms with E-state index >= 15 is 0 Å². The predicted octanol–water partition coefficient (Wildman–Crippen LogP) is 7.80. The van der Waals surface area contributed by atoms with E-state index in [4.69, 9.17) is 40.4 Å². The number of amidine groups is 2. The van der Waals surface area contributed by atoms with Gasteiger partial charge in [0.1, 0.15) is 47.5 Å². The quantitative estimate of drug-likeness (QED) is 0.135. The number of benzene rings is 2. The van der Waals surface area contributed by atoms with Crippen LogP contribution in [-0.2, 0) is 20.6 Å². The highest BCUT2D eigenvalue weighted by Crippen LogP contribution is 2.51. The van der Waals surface area contributed by atoms with Gasteiger partial charge < -0.3 is 30.4 Å². The molecule has 0 saturated carbocycles. The van der Waals surface area contributed by atoms with Crippen LogP contribution in [0.4, 0.5) is 0 Å². The molecule has 2 spiro atoms. The number of rotatable bonds is 0. The van der Waals surface area contributed by atoms with Gasteiger partial charge in [0, 0.05) is 53.5 Å². The molecule has 4 aliphatic heterocycles. The van der Waals surface area contributed by atoms with E-state index in [2.05, 4.69) is 120 Å². The molecular formula is C42H40BrIN6O4. The number of nitrogens with zero attached hydrogens (tertiary/aromatic N) is 4. The van der Waals surface area contributed by atoms with Crippen molar-refractivity contribution in [2.75, 3.05) is 26.4 Å². The smallest absolute Gasteiger partial charge is 0.225 e. The second-order valence-corrected chi connectivity index (χ2v) is 17.7. The van der Waals surface area contributed by atoms with Gasteiger partial charge in [-0.05, 0) is 129 Å². The molecule has 2 atom stereocenters. The Kier molecular flexibility index (Phi) is 10.0. The number of aromatic nitrogens is 2. The second kappa shape index (κ2) is 14.3. The van der Waals surface area contributed by atoms with Crippen molar-refractivity contribution in [2.24, 2.45) is 32.3 Å². The molecule has 0 saturated heterocycles. The Hall–Kier alpha value is -4.47. The van der Waals surface area contributed by atoms with E-state index < -0.39 is 11.1 Å². The Morgan fingerprint density at radius 3 is 1.74 bits per heavy atom. The number of fused-ring (bicyclic) bond motifs is 8. The van der Waals surface area contributed by atoms with Crippen molar-refractivity contribution in [2.45, 2.75) is 52.6 Å². The Labute approximate surface area is 337 Å². The van der Waals surface area contributed by atoms with Crippen LogP contribution >= 0.6 is 38.5 Å². The lowest BCUT2D eigenvalue weighted by atomic mass is 9.80. The lowest BCUT2D eigenvalue weighted by Gasteiger charge is -2.38. The highest BCUT2D eigenvalue weighted by Gasteiger charge is 2.47. The van der Waals surface area contributed by atoms with E-state index in [0.717, 1.165) is 47.2 Å². The standard InChI is InChI=1S/C27H29N3O2.C15H11BrIN3O2/c1-25(2,3)11-9-18-7-8-22-20(13-18)27(17-31-16-23(28)30-27)21-14-19(10-12-26(4,5)6)15-29-24(21)32-22;16-8-3-11-14(19-5-8)22-12-2-1-9(17)4-10(12)15(11)7-21-6-13(18)20-15/h7-8,13-15H,16-17H2,1-6H3,(H2,28,30);1-5H,6-7H2,(H2,18,20)/t27-;15-/m00/s1. The molecule has 2 aromatic carbocycles. The molecular weight excluding hydrogens is 859 g/mol. The number of ether oxygens (including phenoxy) is 4. The van der Waals surface area contributed by atoms with E-state index in [0.29, 0.717) is 55.6 Å². The third kappa shape index (κ3) is 7.71. The van der Waals surface area contributed by atoms with Crippen molar-refractivity contribution in [3.05, 3.63) is 102 Å². The molecule has 4 aliphatic rings. The number of pyridine rings is 2. The van der Waals surface area contributed by atoms with Crippen LogP contribution < -0.4 is 20.9 Å². The second-order valence-electron chi connectivity index (χ2n) is 15.6. The van der Waals surface area contributed by atoms with Crippen LogP contribution in [0.3, 0.4) is 0 Å². The maximum atomic E-state index is 6.17. The Morgan fingerprint density at radius 1 is 0.667 bits per heavy atom. The SMILES string of the molecule is CC(C)(C)C#Cc1ccc2c(c1)[C@@]1(COCC(N)=N1)c1cc(C#CC(C)(C)C)cnc1O2.NC1=N[C@@]2(COC1)c1cc(I)ccc1Oc1ncc(Br)cc12. The molecule has 54 heavy (non-hydrogen) atoms. The van der Waals surface area contributed by atoms with Crippen LogP contribution in [0.1, 0.15) is 74.9 Å². The van der Waals surface area contributed by atoms with Gasteiger partial charge in [0.05, 0.1) is 24.3 Å². The minimum Gasteiger partial charge on any atom is -0.438 e. The van der Waals surface area contributed by atoms with Crippen LogP contribution in [0.2, 0.25) is 0 Å². The first-order valence-electron chi connectivity index (χ1n) is 17.4. The zero-order chi connectivity index (χ0) is 38.5.